The molecule has 2 atom stereocenters. The highest BCUT2D eigenvalue weighted by Gasteiger charge is 2.55. The molecule has 0 bridgehead atoms. The first kappa shape index (κ1) is 15.7. The molecule has 4 aliphatic rings. The number of ether oxygens (including phenoxy) is 3. The van der Waals surface area contributed by atoms with Gasteiger partial charge in [0.1, 0.15) is 6.10 Å². The molecule has 0 saturated carbocycles. The van der Waals surface area contributed by atoms with Crippen LogP contribution in [0, 0.1) is 0 Å². The second-order valence-corrected chi connectivity index (χ2v) is 7.30. The van der Waals surface area contributed by atoms with Crippen LogP contribution in [-0.4, -0.2) is 47.2 Å². The van der Waals surface area contributed by atoms with E-state index in [0.717, 1.165) is 24.9 Å². The number of ketones is 1. The smallest absolute Gasteiger partial charge is 0.303 e. The van der Waals surface area contributed by atoms with Gasteiger partial charge in [0.2, 0.25) is 6.79 Å². The summed E-state index contributed by atoms with van der Waals surface area (Å²) in [6.07, 6.45) is 1.48. The first-order valence-corrected chi connectivity index (χ1v) is 8.83. The number of nitrogens with zero attached hydrogens (tertiary/aromatic N) is 1. The Bertz CT molecular complexity index is 875. The topological polar surface area (TPSA) is 85.3 Å². The van der Waals surface area contributed by atoms with Gasteiger partial charge in [-0.15, -0.1) is 0 Å². The Hall–Kier alpha value is -2.54. The van der Waals surface area contributed by atoms with Crippen LogP contribution in [0.25, 0.3) is 5.57 Å². The van der Waals surface area contributed by atoms with Crippen LogP contribution in [0.5, 0.6) is 11.5 Å². The average Bonchev–Trinajstić information content (AvgIpc) is 3.24. The van der Waals surface area contributed by atoms with E-state index in [9.17, 15) is 14.7 Å². The van der Waals surface area contributed by atoms with E-state index in [-0.39, 0.29) is 30.7 Å². The van der Waals surface area contributed by atoms with E-state index in [2.05, 4.69) is 4.90 Å². The van der Waals surface area contributed by atoms with E-state index in [1.54, 1.807) is 0 Å². The van der Waals surface area contributed by atoms with Crippen molar-refractivity contribution < 1.29 is 28.9 Å². The minimum atomic E-state index is -0.529. The monoisotopic (exact) mass is 357 g/mol. The SMILES string of the molecule is CC(=O)O[C@H]1CN2CCC[C@]23CC(=O)C(O)=C3c2cc3c(cc21)OCO3. The van der Waals surface area contributed by atoms with E-state index >= 15 is 0 Å². The molecule has 26 heavy (non-hydrogen) atoms. The van der Waals surface area contributed by atoms with Crippen molar-refractivity contribution in [2.24, 2.45) is 0 Å². The molecule has 7 nitrogen and oxygen atoms in total. The van der Waals surface area contributed by atoms with Crippen molar-refractivity contribution in [3.05, 3.63) is 29.0 Å². The Morgan fingerprint density at radius 1 is 1.35 bits per heavy atom. The van der Waals surface area contributed by atoms with Crippen LogP contribution in [0.2, 0.25) is 0 Å². The lowest BCUT2D eigenvalue weighted by atomic mass is 9.83. The van der Waals surface area contributed by atoms with Gasteiger partial charge in [0, 0.05) is 31.0 Å². The van der Waals surface area contributed by atoms with E-state index < -0.39 is 11.6 Å². The number of benzene rings is 1. The number of esters is 1. The number of Topliss-reactive ketones (excluding diaryl/α,β-unsaturated/α-hetero) is 1. The number of rotatable bonds is 1. The van der Waals surface area contributed by atoms with Gasteiger partial charge in [-0.1, -0.05) is 0 Å². The summed E-state index contributed by atoms with van der Waals surface area (Å²) < 4.78 is 16.6. The second-order valence-electron chi connectivity index (χ2n) is 7.30. The summed E-state index contributed by atoms with van der Waals surface area (Å²) in [7, 11) is 0. The van der Waals surface area contributed by atoms with E-state index in [4.69, 9.17) is 14.2 Å². The lowest BCUT2D eigenvalue weighted by molar-refractivity contribution is -0.148. The Balaban J connectivity index is 1.78. The molecule has 3 heterocycles. The molecule has 1 spiro atoms. The van der Waals surface area contributed by atoms with Crippen molar-refractivity contribution in [1.82, 2.24) is 4.90 Å². The Labute approximate surface area is 150 Å². The molecule has 1 N–H and O–H groups in total. The molecular formula is C19H19NO6. The third-order valence-corrected chi connectivity index (χ3v) is 5.90. The zero-order valence-electron chi connectivity index (χ0n) is 14.4. The van der Waals surface area contributed by atoms with Crippen molar-refractivity contribution >= 4 is 17.3 Å². The fraction of sp³-hybridized carbons (Fsp3) is 0.474. The summed E-state index contributed by atoms with van der Waals surface area (Å²) >= 11 is 0. The second kappa shape index (κ2) is 5.23. The van der Waals surface area contributed by atoms with E-state index in [0.29, 0.717) is 29.2 Å². The molecule has 0 aromatic heterocycles. The number of aliphatic hydroxyl groups excluding tert-OH is 1. The summed E-state index contributed by atoms with van der Waals surface area (Å²) in [6.45, 7) is 2.79. The maximum atomic E-state index is 12.4. The molecule has 0 radical (unpaired) electrons. The fourth-order valence-corrected chi connectivity index (χ4v) is 4.90. The summed E-state index contributed by atoms with van der Waals surface area (Å²) in [4.78, 5) is 26.3. The molecule has 1 aliphatic carbocycles. The minimum Gasteiger partial charge on any atom is -0.504 e. The molecule has 1 aromatic carbocycles. The standard InChI is InChI=1S/C19H19NO6/c1-10(21)26-16-8-20-4-2-3-19(20)7-13(22)18(23)17(19)12-6-15-14(5-11(12)16)24-9-25-15/h5-6,16,23H,2-4,7-9H2,1H3/t16-,19+/m0/s1. The first-order valence-electron chi connectivity index (χ1n) is 8.83. The van der Waals surface area contributed by atoms with Crippen LogP contribution in [-0.2, 0) is 14.3 Å². The van der Waals surface area contributed by atoms with Crippen molar-refractivity contribution in [2.75, 3.05) is 19.9 Å². The van der Waals surface area contributed by atoms with Gasteiger partial charge in [0.05, 0.1) is 5.54 Å². The summed E-state index contributed by atoms with van der Waals surface area (Å²) in [6, 6.07) is 3.62. The van der Waals surface area contributed by atoms with Crippen molar-refractivity contribution in [3.63, 3.8) is 0 Å². The van der Waals surface area contributed by atoms with Crippen LogP contribution >= 0.6 is 0 Å². The van der Waals surface area contributed by atoms with Crippen LogP contribution in [0.15, 0.2) is 17.9 Å². The average molecular weight is 357 g/mol. The Morgan fingerprint density at radius 3 is 2.88 bits per heavy atom. The van der Waals surface area contributed by atoms with Gasteiger partial charge in [-0.25, -0.2) is 0 Å². The van der Waals surface area contributed by atoms with Crippen molar-refractivity contribution in [3.8, 4) is 11.5 Å². The molecule has 3 aliphatic heterocycles. The molecule has 7 heteroatoms. The minimum absolute atomic E-state index is 0.123. The number of aliphatic hydroxyl groups is 1. The molecule has 1 fully saturated rings. The molecular weight excluding hydrogens is 338 g/mol. The predicted molar refractivity (Wildman–Crippen MR) is 89.8 cm³/mol. The number of hydrogen-bond acceptors (Lipinski definition) is 7. The molecule has 0 unspecified atom stereocenters. The Morgan fingerprint density at radius 2 is 2.12 bits per heavy atom. The number of hydrogen-bond donors (Lipinski definition) is 1. The van der Waals surface area contributed by atoms with Gasteiger partial charge < -0.3 is 19.3 Å². The van der Waals surface area contributed by atoms with Gasteiger partial charge in [-0.2, -0.15) is 0 Å². The Kier molecular flexibility index (Phi) is 3.16. The maximum absolute atomic E-state index is 12.4. The summed E-state index contributed by atoms with van der Waals surface area (Å²) in [5.41, 5.74) is 1.57. The molecule has 1 saturated heterocycles. The van der Waals surface area contributed by atoms with Crippen LogP contribution in [0.1, 0.15) is 43.4 Å². The van der Waals surface area contributed by atoms with Crippen molar-refractivity contribution in [1.29, 1.82) is 0 Å². The highest BCUT2D eigenvalue weighted by molar-refractivity contribution is 6.09. The van der Waals surface area contributed by atoms with Gasteiger partial charge in [-0.05, 0) is 37.1 Å². The summed E-state index contributed by atoms with van der Waals surface area (Å²) in [5, 5.41) is 10.6. The van der Waals surface area contributed by atoms with E-state index in [1.807, 2.05) is 12.1 Å². The van der Waals surface area contributed by atoms with Gasteiger partial charge in [0.15, 0.2) is 23.0 Å². The third kappa shape index (κ3) is 1.97. The van der Waals surface area contributed by atoms with Crippen LogP contribution in [0.4, 0.5) is 0 Å². The number of allylic oxidation sites excluding steroid dienone is 1. The van der Waals surface area contributed by atoms with Crippen LogP contribution < -0.4 is 9.47 Å². The third-order valence-electron chi connectivity index (χ3n) is 5.90. The van der Waals surface area contributed by atoms with Gasteiger partial charge in [-0.3, -0.25) is 14.5 Å². The highest BCUT2D eigenvalue weighted by Crippen LogP contribution is 2.55. The fourth-order valence-electron chi connectivity index (χ4n) is 4.90. The number of fused-ring (bicyclic) bond motifs is 3. The van der Waals surface area contributed by atoms with Gasteiger partial charge >= 0.3 is 5.97 Å². The molecule has 0 amide bonds. The lowest BCUT2D eigenvalue weighted by Crippen LogP contribution is -2.44. The van der Waals surface area contributed by atoms with E-state index in [1.165, 1.54) is 6.92 Å². The normalized spacial score (nSPS) is 29.3. The number of carbonyl (C=O) groups excluding carboxylic acids is 2. The zero-order chi connectivity index (χ0) is 18.1. The first-order chi connectivity index (χ1) is 12.5. The molecule has 136 valence electrons. The lowest BCUT2D eigenvalue weighted by Gasteiger charge is -2.35. The van der Waals surface area contributed by atoms with Gasteiger partial charge in [0.25, 0.3) is 0 Å². The van der Waals surface area contributed by atoms with Crippen molar-refractivity contribution in [2.45, 2.75) is 37.8 Å². The molecule has 5 rings (SSSR count). The molecule has 1 aromatic rings. The number of carbonyl (C=O) groups is 2. The summed E-state index contributed by atoms with van der Waals surface area (Å²) in [5.74, 6) is 0.378. The zero-order valence-corrected chi connectivity index (χ0v) is 14.4. The maximum Gasteiger partial charge on any atom is 0.303 e. The van der Waals surface area contributed by atoms with Crippen LogP contribution in [0.3, 0.4) is 0 Å². The quantitative estimate of drug-likeness (QED) is 0.771. The largest absolute Gasteiger partial charge is 0.504 e. The predicted octanol–water partition coefficient (Wildman–Crippen LogP) is 2.11. The highest BCUT2D eigenvalue weighted by atomic mass is 16.7.